The van der Waals surface area contributed by atoms with Crippen LogP contribution >= 0.6 is 0 Å². The number of carbonyl (C=O) groups is 1. The highest BCUT2D eigenvalue weighted by atomic mass is 16.3. The lowest BCUT2D eigenvalue weighted by molar-refractivity contribution is -0.122. The molecule has 1 rings (SSSR count). The van der Waals surface area contributed by atoms with Gasteiger partial charge >= 0.3 is 0 Å². The molecule has 1 saturated carbocycles. The fraction of sp³-hybridized carbons (Fsp3) is 0.929. The Bertz CT molecular complexity index is 246. The molecule has 3 atom stereocenters. The molecule has 4 nitrogen and oxygen atoms in total. The molecule has 18 heavy (non-hydrogen) atoms. The van der Waals surface area contributed by atoms with Crippen LogP contribution in [0.25, 0.3) is 0 Å². The first-order chi connectivity index (χ1) is 8.63. The van der Waals surface area contributed by atoms with Gasteiger partial charge in [-0.1, -0.05) is 19.8 Å². The number of rotatable bonds is 7. The van der Waals surface area contributed by atoms with Crippen molar-refractivity contribution >= 4 is 5.91 Å². The zero-order chi connectivity index (χ0) is 13.4. The summed E-state index contributed by atoms with van der Waals surface area (Å²) in [6, 6.07) is -0.138. The maximum Gasteiger partial charge on any atom is 0.236 e. The number of aliphatic hydroxyl groups is 1. The van der Waals surface area contributed by atoms with Crippen molar-refractivity contribution in [3.8, 4) is 0 Å². The second-order valence-electron chi connectivity index (χ2n) is 5.46. The first-order valence-corrected chi connectivity index (χ1v) is 7.32. The van der Waals surface area contributed by atoms with Crippen LogP contribution in [0.1, 0.15) is 52.4 Å². The van der Waals surface area contributed by atoms with Gasteiger partial charge in [0.2, 0.25) is 5.91 Å². The summed E-state index contributed by atoms with van der Waals surface area (Å²) < 4.78 is 0. The lowest BCUT2D eigenvalue weighted by Gasteiger charge is -2.27. The number of hydrogen-bond acceptors (Lipinski definition) is 3. The predicted molar refractivity (Wildman–Crippen MR) is 73.3 cm³/mol. The predicted octanol–water partition coefficient (Wildman–Crippen LogP) is 1.43. The SMILES string of the molecule is CCCCNC(=O)C(C)NCC1CCCC(O)C1. The smallest absolute Gasteiger partial charge is 0.236 e. The lowest BCUT2D eigenvalue weighted by atomic mass is 9.87. The van der Waals surface area contributed by atoms with Gasteiger partial charge in [-0.05, 0) is 45.1 Å². The van der Waals surface area contributed by atoms with Gasteiger partial charge in [0.15, 0.2) is 0 Å². The summed E-state index contributed by atoms with van der Waals surface area (Å²) in [5.74, 6) is 0.597. The van der Waals surface area contributed by atoms with Gasteiger partial charge < -0.3 is 15.7 Å². The Morgan fingerprint density at radius 2 is 2.22 bits per heavy atom. The van der Waals surface area contributed by atoms with Crippen LogP contribution in [0.15, 0.2) is 0 Å². The molecule has 3 unspecified atom stereocenters. The molecule has 0 radical (unpaired) electrons. The maximum absolute atomic E-state index is 11.7. The zero-order valence-electron chi connectivity index (χ0n) is 11.7. The zero-order valence-corrected chi connectivity index (χ0v) is 11.7. The molecule has 0 aromatic carbocycles. The van der Waals surface area contributed by atoms with E-state index in [9.17, 15) is 9.90 Å². The first kappa shape index (κ1) is 15.4. The van der Waals surface area contributed by atoms with Crippen LogP contribution in [0.4, 0.5) is 0 Å². The quantitative estimate of drug-likeness (QED) is 0.604. The number of unbranched alkanes of at least 4 members (excludes halogenated alkanes) is 1. The Hall–Kier alpha value is -0.610. The van der Waals surface area contributed by atoms with Gasteiger partial charge in [0, 0.05) is 6.54 Å². The van der Waals surface area contributed by atoms with E-state index in [0.29, 0.717) is 5.92 Å². The van der Waals surface area contributed by atoms with Gasteiger partial charge in [0.1, 0.15) is 0 Å². The van der Waals surface area contributed by atoms with Crippen molar-refractivity contribution in [2.24, 2.45) is 5.92 Å². The van der Waals surface area contributed by atoms with E-state index in [-0.39, 0.29) is 18.1 Å². The van der Waals surface area contributed by atoms with Crippen molar-refractivity contribution in [3.05, 3.63) is 0 Å². The van der Waals surface area contributed by atoms with Gasteiger partial charge in [-0.15, -0.1) is 0 Å². The molecule has 4 heteroatoms. The van der Waals surface area contributed by atoms with Crippen molar-refractivity contribution in [1.29, 1.82) is 0 Å². The molecule has 0 spiro atoms. The summed E-state index contributed by atoms with van der Waals surface area (Å²) in [6.45, 7) is 5.62. The summed E-state index contributed by atoms with van der Waals surface area (Å²) in [5, 5.41) is 15.8. The van der Waals surface area contributed by atoms with Crippen LogP contribution in [0.2, 0.25) is 0 Å². The average Bonchev–Trinajstić information content (AvgIpc) is 2.36. The summed E-state index contributed by atoms with van der Waals surface area (Å²) >= 11 is 0. The van der Waals surface area contributed by atoms with Gasteiger partial charge in [-0.25, -0.2) is 0 Å². The first-order valence-electron chi connectivity index (χ1n) is 7.32. The van der Waals surface area contributed by atoms with Crippen molar-refractivity contribution in [2.45, 2.75) is 64.5 Å². The Balaban J connectivity index is 2.15. The summed E-state index contributed by atoms with van der Waals surface area (Å²) in [7, 11) is 0. The Morgan fingerprint density at radius 1 is 1.44 bits per heavy atom. The van der Waals surface area contributed by atoms with Crippen LogP contribution in [0, 0.1) is 5.92 Å². The molecule has 1 amide bonds. The third-order valence-corrected chi connectivity index (χ3v) is 3.69. The molecule has 0 aliphatic heterocycles. The molecule has 0 aromatic rings. The summed E-state index contributed by atoms with van der Waals surface area (Å²) in [5.41, 5.74) is 0. The molecule has 0 bridgehead atoms. The van der Waals surface area contributed by atoms with E-state index >= 15 is 0 Å². The van der Waals surface area contributed by atoms with Crippen LogP contribution in [-0.2, 0) is 4.79 Å². The molecule has 1 aliphatic rings. The number of carbonyl (C=O) groups excluding carboxylic acids is 1. The van der Waals surface area contributed by atoms with Gasteiger partial charge in [-0.3, -0.25) is 4.79 Å². The lowest BCUT2D eigenvalue weighted by Crippen LogP contribution is -2.44. The van der Waals surface area contributed by atoms with Crippen molar-refractivity contribution < 1.29 is 9.90 Å². The van der Waals surface area contributed by atoms with E-state index in [4.69, 9.17) is 0 Å². The molecule has 0 aromatic heterocycles. The second kappa shape index (κ2) is 8.48. The fourth-order valence-corrected chi connectivity index (χ4v) is 2.43. The Morgan fingerprint density at radius 3 is 2.89 bits per heavy atom. The minimum Gasteiger partial charge on any atom is -0.393 e. The molecule has 1 fully saturated rings. The van der Waals surface area contributed by atoms with E-state index in [1.807, 2.05) is 6.92 Å². The second-order valence-corrected chi connectivity index (χ2v) is 5.46. The molecule has 0 heterocycles. The highest BCUT2D eigenvalue weighted by Crippen LogP contribution is 2.23. The van der Waals surface area contributed by atoms with E-state index in [0.717, 1.165) is 51.6 Å². The van der Waals surface area contributed by atoms with Gasteiger partial charge in [0.05, 0.1) is 12.1 Å². The topological polar surface area (TPSA) is 61.4 Å². The Labute approximate surface area is 111 Å². The van der Waals surface area contributed by atoms with Crippen LogP contribution in [0.3, 0.4) is 0 Å². The normalized spacial score (nSPS) is 25.7. The fourth-order valence-electron chi connectivity index (χ4n) is 2.43. The summed E-state index contributed by atoms with van der Waals surface area (Å²) in [4.78, 5) is 11.7. The molecule has 0 saturated heterocycles. The molecular formula is C14H28N2O2. The third kappa shape index (κ3) is 5.83. The van der Waals surface area contributed by atoms with E-state index < -0.39 is 0 Å². The minimum atomic E-state index is -0.140. The largest absolute Gasteiger partial charge is 0.393 e. The number of aliphatic hydroxyl groups excluding tert-OH is 1. The maximum atomic E-state index is 11.7. The number of nitrogens with one attached hydrogen (secondary N) is 2. The van der Waals surface area contributed by atoms with Crippen molar-refractivity contribution in [3.63, 3.8) is 0 Å². The summed E-state index contributed by atoms with van der Waals surface area (Å²) in [6.07, 6.45) is 6.06. The monoisotopic (exact) mass is 256 g/mol. The van der Waals surface area contributed by atoms with Crippen molar-refractivity contribution in [1.82, 2.24) is 10.6 Å². The van der Waals surface area contributed by atoms with E-state index in [2.05, 4.69) is 17.6 Å². The standard InChI is InChI=1S/C14H28N2O2/c1-3-4-8-15-14(18)11(2)16-10-12-6-5-7-13(17)9-12/h11-13,16-17H,3-10H2,1-2H3,(H,15,18). The van der Waals surface area contributed by atoms with Crippen LogP contribution in [-0.4, -0.2) is 36.2 Å². The average molecular weight is 256 g/mol. The number of hydrogen-bond donors (Lipinski definition) is 3. The van der Waals surface area contributed by atoms with E-state index in [1.165, 1.54) is 0 Å². The van der Waals surface area contributed by atoms with Gasteiger partial charge in [-0.2, -0.15) is 0 Å². The highest BCUT2D eigenvalue weighted by molar-refractivity contribution is 5.81. The third-order valence-electron chi connectivity index (χ3n) is 3.69. The molecule has 3 N–H and O–H groups in total. The molecule has 1 aliphatic carbocycles. The Kier molecular flexibility index (Phi) is 7.28. The van der Waals surface area contributed by atoms with Crippen LogP contribution in [0.5, 0.6) is 0 Å². The van der Waals surface area contributed by atoms with Crippen molar-refractivity contribution in [2.75, 3.05) is 13.1 Å². The van der Waals surface area contributed by atoms with E-state index in [1.54, 1.807) is 0 Å². The highest BCUT2D eigenvalue weighted by Gasteiger charge is 2.21. The minimum absolute atomic E-state index is 0.0832. The molecular weight excluding hydrogens is 228 g/mol. The number of amides is 1. The van der Waals surface area contributed by atoms with Gasteiger partial charge in [0.25, 0.3) is 0 Å². The van der Waals surface area contributed by atoms with Crippen LogP contribution < -0.4 is 10.6 Å². The molecule has 106 valence electrons.